The fraction of sp³-hybridized carbons (Fsp3) is 0.865. The number of rotatable bonds is 32. The van der Waals surface area contributed by atoms with Gasteiger partial charge in [-0.2, -0.15) is 0 Å². The Labute approximate surface area is 270 Å². The second-order valence-corrected chi connectivity index (χ2v) is 13.7. The summed E-state index contributed by atoms with van der Waals surface area (Å²) in [6, 6.07) is 0. The lowest BCUT2D eigenvalue weighted by Crippen LogP contribution is -2.52. The van der Waals surface area contributed by atoms with Crippen LogP contribution in [0.3, 0.4) is 0 Å². The molecule has 0 aromatic carbocycles. The number of carboxylic acid groups (broad SMARTS) is 3. The number of quaternary nitrogens is 1. The Kier molecular flexibility index (Phi) is 26.2. The van der Waals surface area contributed by atoms with Crippen LogP contribution in [0.25, 0.3) is 0 Å². The van der Waals surface area contributed by atoms with E-state index in [-0.39, 0.29) is 0 Å². The standard InChI is InChI=1S/C37H69NO6/c1-5-6-7-8-9-10-11-12-13-14-15-16-17-18-19-20-21-22-23-24-28-38(29-25-32(2)35(39)40,30-26-33(3)36(41)42)31-27-34(4)37(43)44/h17-18,32-34H,5-16,19-31H2,1-4H3,(H2-,39,40,41,42,43,44)/b18-17+. The number of nitrogens with zero attached hydrogens (tertiary/aromatic N) is 1. The molecule has 44 heavy (non-hydrogen) atoms. The van der Waals surface area contributed by atoms with Crippen LogP contribution in [0.1, 0.15) is 163 Å². The number of allylic oxidation sites excluding steroid dienone is 2. The molecule has 0 fully saturated rings. The Morgan fingerprint density at radius 1 is 0.545 bits per heavy atom. The molecule has 0 spiro atoms. The largest absolute Gasteiger partial charge is 0.550 e. The Balaban J connectivity index is 4.44. The first-order valence-corrected chi connectivity index (χ1v) is 18.2. The monoisotopic (exact) mass is 624 g/mol. The van der Waals surface area contributed by atoms with Gasteiger partial charge in [-0.05, 0) is 38.5 Å². The highest BCUT2D eigenvalue weighted by Gasteiger charge is 2.30. The maximum atomic E-state index is 11.5. The minimum absolute atomic E-state index is 0.441. The van der Waals surface area contributed by atoms with Crippen molar-refractivity contribution in [2.75, 3.05) is 26.2 Å². The minimum Gasteiger partial charge on any atom is -0.550 e. The fourth-order valence-electron chi connectivity index (χ4n) is 5.84. The topological polar surface area (TPSA) is 115 Å². The molecule has 0 aromatic rings. The van der Waals surface area contributed by atoms with Gasteiger partial charge in [0.2, 0.25) is 0 Å². The number of aliphatic carboxylic acids is 3. The zero-order valence-electron chi connectivity index (χ0n) is 29.0. The van der Waals surface area contributed by atoms with Crippen LogP contribution < -0.4 is 5.11 Å². The maximum Gasteiger partial charge on any atom is 0.306 e. The summed E-state index contributed by atoms with van der Waals surface area (Å²) in [5.74, 6) is -4.33. The summed E-state index contributed by atoms with van der Waals surface area (Å²) in [4.78, 5) is 34.4. The van der Waals surface area contributed by atoms with Crippen molar-refractivity contribution < 1.29 is 34.2 Å². The number of carboxylic acids is 3. The van der Waals surface area contributed by atoms with Gasteiger partial charge in [0.25, 0.3) is 0 Å². The van der Waals surface area contributed by atoms with E-state index in [0.717, 1.165) is 32.2 Å². The van der Waals surface area contributed by atoms with Crippen molar-refractivity contribution in [1.82, 2.24) is 0 Å². The molecular weight excluding hydrogens is 554 g/mol. The van der Waals surface area contributed by atoms with Gasteiger partial charge in [-0.1, -0.05) is 117 Å². The van der Waals surface area contributed by atoms with E-state index in [2.05, 4.69) is 19.1 Å². The Morgan fingerprint density at radius 3 is 1.25 bits per heavy atom. The molecule has 7 heteroatoms. The Bertz CT molecular complexity index is 707. The lowest BCUT2D eigenvalue weighted by Gasteiger charge is -2.41. The zero-order valence-corrected chi connectivity index (χ0v) is 29.0. The van der Waals surface area contributed by atoms with E-state index in [1.54, 1.807) is 20.8 Å². The third-order valence-electron chi connectivity index (χ3n) is 9.50. The Hall–Kier alpha value is -1.89. The molecule has 258 valence electrons. The number of unbranched alkanes of at least 4 members (excludes halogenated alkanes) is 16. The summed E-state index contributed by atoms with van der Waals surface area (Å²) < 4.78 is 0.578. The second kappa shape index (κ2) is 27.4. The first-order valence-electron chi connectivity index (χ1n) is 18.2. The van der Waals surface area contributed by atoms with Crippen LogP contribution >= 0.6 is 0 Å². The van der Waals surface area contributed by atoms with Crippen molar-refractivity contribution in [1.29, 1.82) is 0 Å². The van der Waals surface area contributed by atoms with Crippen LogP contribution in [0.15, 0.2) is 12.2 Å². The zero-order chi connectivity index (χ0) is 33.1. The van der Waals surface area contributed by atoms with Crippen LogP contribution in [0, 0.1) is 17.8 Å². The van der Waals surface area contributed by atoms with E-state index in [0.29, 0.717) is 43.4 Å². The van der Waals surface area contributed by atoms with E-state index >= 15 is 0 Å². The third-order valence-corrected chi connectivity index (χ3v) is 9.50. The van der Waals surface area contributed by atoms with E-state index in [9.17, 15) is 29.7 Å². The van der Waals surface area contributed by atoms with Crippen LogP contribution in [-0.4, -0.2) is 58.8 Å². The number of hydrogen-bond donors (Lipinski definition) is 2. The van der Waals surface area contributed by atoms with E-state index in [4.69, 9.17) is 0 Å². The summed E-state index contributed by atoms with van der Waals surface area (Å²) in [5, 5.41) is 30.3. The van der Waals surface area contributed by atoms with Crippen LogP contribution in [0.2, 0.25) is 0 Å². The lowest BCUT2D eigenvalue weighted by molar-refractivity contribution is -0.929. The van der Waals surface area contributed by atoms with Crippen LogP contribution in [0.4, 0.5) is 0 Å². The van der Waals surface area contributed by atoms with Crippen molar-refractivity contribution in [3.63, 3.8) is 0 Å². The minimum atomic E-state index is -1.08. The molecular formula is C37H69NO6. The highest BCUT2D eigenvalue weighted by molar-refractivity contribution is 5.69. The van der Waals surface area contributed by atoms with Crippen molar-refractivity contribution in [3.05, 3.63) is 12.2 Å². The number of carbonyl (C=O) groups is 3. The van der Waals surface area contributed by atoms with Gasteiger partial charge >= 0.3 is 11.9 Å². The highest BCUT2D eigenvalue weighted by Crippen LogP contribution is 2.22. The van der Waals surface area contributed by atoms with Gasteiger partial charge < -0.3 is 24.6 Å². The number of hydrogen-bond acceptors (Lipinski definition) is 4. The molecule has 7 nitrogen and oxygen atoms in total. The Morgan fingerprint density at radius 2 is 0.886 bits per heavy atom. The molecule has 2 N–H and O–H groups in total. The van der Waals surface area contributed by atoms with Crippen molar-refractivity contribution in [3.8, 4) is 0 Å². The van der Waals surface area contributed by atoms with Crippen molar-refractivity contribution in [2.45, 2.75) is 163 Å². The predicted molar refractivity (Wildman–Crippen MR) is 179 cm³/mol. The third kappa shape index (κ3) is 23.5. The van der Waals surface area contributed by atoms with Gasteiger partial charge in [-0.15, -0.1) is 0 Å². The van der Waals surface area contributed by atoms with Crippen molar-refractivity contribution in [2.24, 2.45) is 17.8 Å². The maximum absolute atomic E-state index is 11.5. The first-order chi connectivity index (χ1) is 21.0. The van der Waals surface area contributed by atoms with Crippen LogP contribution in [0.5, 0.6) is 0 Å². The fourth-order valence-corrected chi connectivity index (χ4v) is 5.84. The quantitative estimate of drug-likeness (QED) is 0.0442. The lowest BCUT2D eigenvalue weighted by atomic mass is 10.0. The molecule has 0 saturated heterocycles. The smallest absolute Gasteiger partial charge is 0.306 e. The predicted octanol–water partition coefficient (Wildman–Crippen LogP) is 8.40. The van der Waals surface area contributed by atoms with Crippen molar-refractivity contribution >= 4 is 17.9 Å². The van der Waals surface area contributed by atoms with Gasteiger partial charge in [0, 0.05) is 31.1 Å². The molecule has 3 atom stereocenters. The van der Waals surface area contributed by atoms with Gasteiger partial charge in [-0.25, -0.2) is 0 Å². The van der Waals surface area contributed by atoms with E-state index in [1.807, 2.05) is 0 Å². The molecule has 3 unspecified atom stereocenters. The summed E-state index contributed by atoms with van der Waals surface area (Å²) in [6.45, 7) is 9.96. The molecule has 0 bridgehead atoms. The second-order valence-electron chi connectivity index (χ2n) is 13.7. The first kappa shape index (κ1) is 42.1. The molecule has 0 aliphatic heterocycles. The normalized spacial score (nSPS) is 15.2. The van der Waals surface area contributed by atoms with Gasteiger partial charge in [-0.3, -0.25) is 9.59 Å². The molecule has 0 aliphatic rings. The molecule has 0 radical (unpaired) electrons. The average Bonchev–Trinajstić information content (AvgIpc) is 2.99. The molecule has 0 saturated carbocycles. The van der Waals surface area contributed by atoms with Crippen LogP contribution in [-0.2, 0) is 14.4 Å². The molecule has 0 amide bonds. The van der Waals surface area contributed by atoms with Gasteiger partial charge in [0.1, 0.15) is 0 Å². The molecule has 0 aromatic heterocycles. The average molecular weight is 624 g/mol. The number of carbonyl (C=O) groups excluding carboxylic acids is 1. The van der Waals surface area contributed by atoms with E-state index < -0.39 is 35.7 Å². The van der Waals surface area contributed by atoms with E-state index in [1.165, 1.54) is 89.9 Å². The SMILES string of the molecule is CCCCCCCCCCCCC/C=C/CCCCCCC[N+](CCC(C)C(=O)[O-])(CCC(C)C(=O)O)CCC(C)C(=O)O. The molecule has 0 rings (SSSR count). The highest BCUT2D eigenvalue weighted by atomic mass is 16.4. The molecule has 0 aliphatic carbocycles. The summed E-state index contributed by atoms with van der Waals surface area (Å²) in [5.41, 5.74) is 0. The summed E-state index contributed by atoms with van der Waals surface area (Å²) in [7, 11) is 0. The summed E-state index contributed by atoms with van der Waals surface area (Å²) >= 11 is 0. The summed E-state index contributed by atoms with van der Waals surface area (Å²) in [6.07, 6.45) is 29.1. The van der Waals surface area contributed by atoms with Gasteiger partial charge in [0.05, 0.1) is 38.0 Å². The molecule has 0 heterocycles. The van der Waals surface area contributed by atoms with Gasteiger partial charge in [0.15, 0.2) is 0 Å².